The normalized spacial score (nSPS) is 10.3. The smallest absolute Gasteiger partial charge is 0.307 e. The summed E-state index contributed by atoms with van der Waals surface area (Å²) in [6.07, 6.45) is -0.0108. The van der Waals surface area contributed by atoms with E-state index >= 15 is 0 Å². The zero-order valence-corrected chi connectivity index (χ0v) is 15.0. The number of nitrogens with one attached hydrogen (secondary N) is 1. The van der Waals surface area contributed by atoms with Gasteiger partial charge in [0, 0.05) is 34.9 Å². The number of esters is 1. The maximum Gasteiger partial charge on any atom is 0.307 e. The van der Waals surface area contributed by atoms with Crippen LogP contribution in [0.25, 0.3) is 0 Å². The van der Waals surface area contributed by atoms with Crippen molar-refractivity contribution in [3.05, 3.63) is 70.0 Å². The summed E-state index contributed by atoms with van der Waals surface area (Å²) in [5, 5.41) is 13.1. The topological polar surface area (TPSA) is 98.5 Å². The van der Waals surface area contributed by atoms with Gasteiger partial charge in [0.25, 0.3) is 11.6 Å². The van der Waals surface area contributed by atoms with Gasteiger partial charge >= 0.3 is 5.97 Å². The summed E-state index contributed by atoms with van der Waals surface area (Å²) >= 11 is 1.25. The van der Waals surface area contributed by atoms with Crippen LogP contribution in [0.1, 0.15) is 16.8 Å². The molecule has 7 nitrogen and oxygen atoms in total. The number of nitro groups is 1. The highest BCUT2D eigenvalue weighted by Crippen LogP contribution is 2.20. The molecule has 0 aliphatic carbocycles. The lowest BCUT2D eigenvalue weighted by Gasteiger charge is -2.07. The average molecular weight is 392 g/mol. The van der Waals surface area contributed by atoms with Gasteiger partial charge in [0.2, 0.25) is 0 Å². The highest BCUT2D eigenvalue weighted by molar-refractivity contribution is 7.99. The Bertz CT molecular complexity index is 814. The summed E-state index contributed by atoms with van der Waals surface area (Å²) in [6, 6.07) is 11.5. The number of nitrogens with zero attached hydrogens (tertiary/aromatic N) is 1. The number of carbonyl (C=O) groups excluding carboxylic acids is 2. The van der Waals surface area contributed by atoms with Gasteiger partial charge in [0.15, 0.2) is 0 Å². The highest BCUT2D eigenvalue weighted by Gasteiger charge is 2.10. The molecule has 2 aromatic rings. The van der Waals surface area contributed by atoms with Crippen LogP contribution in [0.5, 0.6) is 0 Å². The first-order valence-electron chi connectivity index (χ1n) is 8.03. The molecule has 0 saturated heterocycles. The molecule has 0 unspecified atom stereocenters. The molecule has 0 aromatic heterocycles. The van der Waals surface area contributed by atoms with Gasteiger partial charge in [0.1, 0.15) is 12.4 Å². The third kappa shape index (κ3) is 6.70. The maximum atomic E-state index is 13.4. The Morgan fingerprint density at radius 3 is 2.52 bits per heavy atom. The highest BCUT2D eigenvalue weighted by atomic mass is 32.2. The minimum absolute atomic E-state index is 0.0108. The summed E-state index contributed by atoms with van der Waals surface area (Å²) < 4.78 is 18.4. The molecule has 0 spiro atoms. The fourth-order valence-corrected chi connectivity index (χ4v) is 2.82. The summed E-state index contributed by atoms with van der Waals surface area (Å²) in [5.41, 5.74) is 0.152. The summed E-state index contributed by atoms with van der Waals surface area (Å²) in [4.78, 5) is 34.0. The van der Waals surface area contributed by atoms with Crippen LogP contribution in [0.15, 0.2) is 53.4 Å². The Morgan fingerprint density at radius 2 is 1.85 bits per heavy atom. The standard InChI is InChI=1S/C18H17FN2O5S/c19-15-3-1-2-4-16(15)27-12-11-26-17(22)9-10-20-18(23)13-5-7-14(8-6-13)21(24)25/h1-8H,9-12H2,(H,20,23). The Balaban J connectivity index is 1.63. The molecule has 0 fully saturated rings. The summed E-state index contributed by atoms with van der Waals surface area (Å²) in [5.74, 6) is -0.814. The van der Waals surface area contributed by atoms with Gasteiger partial charge in [-0.15, -0.1) is 11.8 Å². The molecule has 2 rings (SSSR count). The minimum atomic E-state index is -0.553. The molecule has 2 aromatic carbocycles. The van der Waals surface area contributed by atoms with Gasteiger partial charge in [-0.05, 0) is 24.3 Å². The van der Waals surface area contributed by atoms with Crippen LogP contribution in [0, 0.1) is 15.9 Å². The van der Waals surface area contributed by atoms with Crippen LogP contribution in [-0.4, -0.2) is 35.7 Å². The number of benzene rings is 2. The van der Waals surface area contributed by atoms with Crippen molar-refractivity contribution in [1.29, 1.82) is 0 Å². The molecule has 0 bridgehead atoms. The van der Waals surface area contributed by atoms with Crippen LogP contribution in [0.2, 0.25) is 0 Å². The van der Waals surface area contributed by atoms with Crippen LogP contribution >= 0.6 is 11.8 Å². The number of thioether (sulfide) groups is 1. The zero-order valence-electron chi connectivity index (χ0n) is 14.2. The van der Waals surface area contributed by atoms with Gasteiger partial charge in [-0.1, -0.05) is 12.1 Å². The van der Waals surface area contributed by atoms with Gasteiger partial charge in [-0.3, -0.25) is 19.7 Å². The third-order valence-electron chi connectivity index (χ3n) is 3.40. The van der Waals surface area contributed by atoms with Crippen LogP contribution < -0.4 is 5.32 Å². The SMILES string of the molecule is O=C(CCNC(=O)c1ccc([N+](=O)[O-])cc1)OCCSc1ccccc1F. The van der Waals surface area contributed by atoms with Gasteiger partial charge < -0.3 is 10.1 Å². The van der Waals surface area contributed by atoms with Crippen molar-refractivity contribution in [2.75, 3.05) is 18.9 Å². The van der Waals surface area contributed by atoms with Gasteiger partial charge in [0.05, 0.1) is 11.3 Å². The van der Waals surface area contributed by atoms with E-state index in [2.05, 4.69) is 5.32 Å². The van der Waals surface area contributed by atoms with E-state index in [4.69, 9.17) is 4.74 Å². The van der Waals surface area contributed by atoms with E-state index in [1.165, 1.54) is 42.1 Å². The zero-order chi connectivity index (χ0) is 19.6. The number of hydrogen-bond acceptors (Lipinski definition) is 6. The Morgan fingerprint density at radius 1 is 1.15 bits per heavy atom. The molecule has 0 atom stereocenters. The lowest BCUT2D eigenvalue weighted by atomic mass is 10.2. The summed E-state index contributed by atoms with van der Waals surface area (Å²) in [6.45, 7) is 0.212. The molecular weight excluding hydrogens is 375 g/mol. The number of amides is 1. The molecule has 0 heterocycles. The predicted octanol–water partition coefficient (Wildman–Crippen LogP) is 3.19. The van der Waals surface area contributed by atoms with Crippen molar-refractivity contribution in [3.63, 3.8) is 0 Å². The molecular formula is C18H17FN2O5S. The second-order valence-electron chi connectivity index (χ2n) is 5.31. The molecule has 0 aliphatic rings. The number of ether oxygens (including phenoxy) is 1. The first-order chi connectivity index (χ1) is 13.0. The molecule has 0 aliphatic heterocycles. The second-order valence-corrected chi connectivity index (χ2v) is 6.45. The van der Waals surface area contributed by atoms with Crippen LogP contribution in [-0.2, 0) is 9.53 Å². The van der Waals surface area contributed by atoms with Crippen molar-refractivity contribution in [2.24, 2.45) is 0 Å². The van der Waals surface area contributed by atoms with Crippen molar-refractivity contribution < 1.29 is 23.6 Å². The monoisotopic (exact) mass is 392 g/mol. The van der Waals surface area contributed by atoms with Crippen molar-refractivity contribution in [2.45, 2.75) is 11.3 Å². The lowest BCUT2D eigenvalue weighted by molar-refractivity contribution is -0.384. The van der Waals surface area contributed by atoms with Crippen molar-refractivity contribution >= 4 is 29.3 Å². The van der Waals surface area contributed by atoms with E-state index < -0.39 is 16.8 Å². The van der Waals surface area contributed by atoms with Crippen molar-refractivity contribution in [1.82, 2.24) is 5.32 Å². The fourth-order valence-electron chi connectivity index (χ4n) is 2.06. The van der Waals surface area contributed by atoms with Crippen LogP contribution in [0.4, 0.5) is 10.1 Å². The molecule has 1 N–H and O–H groups in total. The Hall–Kier alpha value is -2.94. The minimum Gasteiger partial charge on any atom is -0.465 e. The molecule has 0 saturated carbocycles. The second kappa shape index (κ2) is 10.3. The largest absolute Gasteiger partial charge is 0.465 e. The summed E-state index contributed by atoms with van der Waals surface area (Å²) in [7, 11) is 0. The van der Waals surface area contributed by atoms with Gasteiger partial charge in [-0.2, -0.15) is 0 Å². The van der Waals surface area contributed by atoms with Crippen molar-refractivity contribution in [3.8, 4) is 0 Å². The van der Waals surface area contributed by atoms with E-state index in [0.717, 1.165) is 0 Å². The molecule has 1 amide bonds. The van der Waals surface area contributed by atoms with E-state index in [0.29, 0.717) is 10.6 Å². The first kappa shape index (κ1) is 20.4. The quantitative estimate of drug-likeness (QED) is 0.231. The average Bonchev–Trinajstić information content (AvgIpc) is 2.66. The molecule has 0 radical (unpaired) electrons. The predicted molar refractivity (Wildman–Crippen MR) is 98.1 cm³/mol. The number of carbonyl (C=O) groups is 2. The fraction of sp³-hybridized carbons (Fsp3) is 0.222. The van der Waals surface area contributed by atoms with Gasteiger partial charge in [-0.25, -0.2) is 4.39 Å². The van der Waals surface area contributed by atoms with E-state index in [1.54, 1.807) is 18.2 Å². The Kier molecular flexibility index (Phi) is 7.75. The number of non-ortho nitro benzene ring substituents is 1. The molecule has 27 heavy (non-hydrogen) atoms. The maximum absolute atomic E-state index is 13.4. The van der Waals surface area contributed by atoms with Crippen LogP contribution in [0.3, 0.4) is 0 Å². The lowest BCUT2D eigenvalue weighted by Crippen LogP contribution is -2.26. The molecule has 142 valence electrons. The number of halogens is 1. The van der Waals surface area contributed by atoms with E-state index in [9.17, 15) is 24.1 Å². The number of rotatable bonds is 9. The first-order valence-corrected chi connectivity index (χ1v) is 9.01. The van der Waals surface area contributed by atoms with E-state index in [1.807, 2.05) is 0 Å². The number of nitro benzene ring substituents is 1. The number of hydrogen-bond donors (Lipinski definition) is 1. The third-order valence-corrected chi connectivity index (χ3v) is 4.41. The van der Waals surface area contributed by atoms with E-state index in [-0.39, 0.29) is 36.6 Å². The molecule has 9 heteroatoms. The Labute approximate surface area is 159 Å².